The van der Waals surface area contributed by atoms with Crippen LogP contribution in [0.5, 0.6) is 0 Å². The minimum Gasteiger partial charge on any atom is -0.481 e. The third-order valence-electron chi connectivity index (χ3n) is 3.44. The topological polar surface area (TPSA) is 101 Å². The average molecular weight is 370 g/mol. The first-order chi connectivity index (χ1) is 12.1. The molecule has 0 aromatic carbocycles. The minimum absolute atomic E-state index is 0.177. The van der Waals surface area contributed by atoms with Crippen molar-refractivity contribution in [3.63, 3.8) is 0 Å². The number of unbranched alkanes of at least 4 members (excludes halogenated alkanes) is 4. The predicted molar refractivity (Wildman–Crippen MR) is 98.7 cm³/mol. The number of likely N-dealkylation sites (N-methyl/N-ethyl adjacent to an activating group) is 1. The van der Waals surface area contributed by atoms with Crippen LogP contribution in [0.25, 0.3) is 0 Å². The molecule has 0 spiro atoms. The molecule has 1 atom stereocenters. The van der Waals surface area contributed by atoms with Gasteiger partial charge in [-0.05, 0) is 19.3 Å². The summed E-state index contributed by atoms with van der Waals surface area (Å²) in [5.41, 5.74) is 0. The Morgan fingerprint density at radius 1 is 1.00 bits per heavy atom. The van der Waals surface area contributed by atoms with Crippen LogP contribution in [0, 0.1) is 0 Å². The summed E-state index contributed by atoms with van der Waals surface area (Å²) in [6, 6.07) is 0. The van der Waals surface area contributed by atoms with E-state index in [9.17, 15) is 14.4 Å². The number of carboxylic acids is 2. The fourth-order valence-corrected chi connectivity index (χ4v) is 2.39. The van der Waals surface area contributed by atoms with Crippen molar-refractivity contribution in [2.45, 2.75) is 51.0 Å². The fourth-order valence-electron chi connectivity index (χ4n) is 2.39. The molecule has 0 rings (SSSR count). The number of rotatable bonds is 14. The number of hydrogen-bond acceptors (Lipinski definition) is 4. The standard InChI is InChI=1S/C19H31NO6/c1-20(2,3)15-16(14-18(23)24)26-19(25)13-11-9-7-5-4-6-8-10-12-17(21)22/h6,8,10,12,16H,4-5,7,9,11,13-15H2,1-3H3,(H-,21,22,23,24)/p+1/b8-6+,12-10+. The molecular formula is C19H32NO6+. The zero-order chi connectivity index (χ0) is 20.0. The van der Waals surface area contributed by atoms with Crippen LogP contribution in [0.4, 0.5) is 0 Å². The first-order valence-corrected chi connectivity index (χ1v) is 8.88. The number of carboxylic acid groups (broad SMARTS) is 2. The van der Waals surface area contributed by atoms with E-state index < -0.39 is 18.0 Å². The zero-order valence-electron chi connectivity index (χ0n) is 16.0. The lowest BCUT2D eigenvalue weighted by Crippen LogP contribution is -2.43. The quantitative estimate of drug-likeness (QED) is 0.160. The van der Waals surface area contributed by atoms with Gasteiger partial charge in [0.2, 0.25) is 0 Å². The molecule has 26 heavy (non-hydrogen) atoms. The Kier molecular flexibility index (Phi) is 12.0. The molecule has 0 heterocycles. The highest BCUT2D eigenvalue weighted by Crippen LogP contribution is 2.10. The molecule has 0 aliphatic carbocycles. The molecule has 0 saturated carbocycles. The van der Waals surface area contributed by atoms with E-state index in [-0.39, 0.29) is 12.4 Å². The lowest BCUT2D eigenvalue weighted by atomic mass is 10.1. The number of aliphatic carboxylic acids is 2. The van der Waals surface area contributed by atoms with Crippen molar-refractivity contribution in [2.24, 2.45) is 0 Å². The Morgan fingerprint density at radius 3 is 2.23 bits per heavy atom. The second kappa shape index (κ2) is 13.1. The Labute approximate surface area is 155 Å². The average Bonchev–Trinajstić information content (AvgIpc) is 2.46. The van der Waals surface area contributed by atoms with E-state index in [4.69, 9.17) is 14.9 Å². The van der Waals surface area contributed by atoms with E-state index in [1.54, 1.807) is 6.08 Å². The van der Waals surface area contributed by atoms with E-state index >= 15 is 0 Å². The van der Waals surface area contributed by atoms with Crippen molar-refractivity contribution >= 4 is 17.9 Å². The van der Waals surface area contributed by atoms with Gasteiger partial charge >= 0.3 is 17.9 Å². The van der Waals surface area contributed by atoms with Gasteiger partial charge in [-0.1, -0.05) is 31.1 Å². The van der Waals surface area contributed by atoms with Crippen LogP contribution in [-0.4, -0.2) is 66.4 Å². The number of allylic oxidation sites excluding steroid dienone is 3. The summed E-state index contributed by atoms with van der Waals surface area (Å²) < 4.78 is 5.85. The summed E-state index contributed by atoms with van der Waals surface area (Å²) in [7, 11) is 5.78. The maximum Gasteiger partial charge on any atom is 0.328 e. The molecule has 0 fully saturated rings. The fraction of sp³-hybridized carbons (Fsp3) is 0.632. The number of ether oxygens (including phenoxy) is 1. The third-order valence-corrected chi connectivity index (χ3v) is 3.44. The molecule has 0 radical (unpaired) electrons. The SMILES string of the molecule is C[N+](C)(C)CC(CC(=O)O)OC(=O)CCCCCC/C=C/C=C/C(=O)O. The van der Waals surface area contributed by atoms with Gasteiger partial charge in [0, 0.05) is 12.5 Å². The molecule has 0 aromatic rings. The molecule has 2 N–H and O–H groups in total. The molecule has 1 unspecified atom stereocenters. The van der Waals surface area contributed by atoms with Crippen molar-refractivity contribution in [3.05, 3.63) is 24.3 Å². The first kappa shape index (κ1) is 23.9. The highest BCUT2D eigenvalue weighted by molar-refractivity contribution is 5.80. The van der Waals surface area contributed by atoms with Crippen LogP contribution < -0.4 is 0 Å². The Balaban J connectivity index is 3.92. The molecule has 7 heteroatoms. The van der Waals surface area contributed by atoms with E-state index in [0.29, 0.717) is 23.9 Å². The maximum atomic E-state index is 11.9. The Bertz CT molecular complexity index is 505. The number of nitrogens with zero attached hydrogens (tertiary/aromatic N) is 1. The van der Waals surface area contributed by atoms with Crippen molar-refractivity contribution in [1.82, 2.24) is 0 Å². The molecule has 0 amide bonds. The van der Waals surface area contributed by atoms with Gasteiger partial charge in [0.25, 0.3) is 0 Å². The highest BCUT2D eigenvalue weighted by atomic mass is 16.5. The van der Waals surface area contributed by atoms with Gasteiger partial charge < -0.3 is 19.4 Å². The largest absolute Gasteiger partial charge is 0.481 e. The van der Waals surface area contributed by atoms with Crippen molar-refractivity contribution < 1.29 is 33.8 Å². The number of carbonyl (C=O) groups is 3. The number of esters is 1. The van der Waals surface area contributed by atoms with Crippen LogP contribution in [0.3, 0.4) is 0 Å². The van der Waals surface area contributed by atoms with Crippen LogP contribution >= 0.6 is 0 Å². The van der Waals surface area contributed by atoms with Gasteiger partial charge in [0.15, 0.2) is 6.10 Å². The van der Waals surface area contributed by atoms with Gasteiger partial charge in [-0.2, -0.15) is 0 Å². The van der Waals surface area contributed by atoms with Gasteiger partial charge in [-0.15, -0.1) is 0 Å². The van der Waals surface area contributed by atoms with E-state index in [1.165, 1.54) is 6.08 Å². The normalized spacial score (nSPS) is 13.2. The summed E-state index contributed by atoms with van der Waals surface area (Å²) in [5.74, 6) is -2.28. The third kappa shape index (κ3) is 16.7. The van der Waals surface area contributed by atoms with E-state index in [1.807, 2.05) is 27.2 Å². The molecule has 148 valence electrons. The van der Waals surface area contributed by atoms with Crippen LogP contribution in [-0.2, 0) is 19.1 Å². The van der Waals surface area contributed by atoms with Crippen LogP contribution in [0.2, 0.25) is 0 Å². The van der Waals surface area contributed by atoms with Gasteiger partial charge in [0.05, 0.1) is 27.6 Å². The summed E-state index contributed by atoms with van der Waals surface area (Å²) >= 11 is 0. The van der Waals surface area contributed by atoms with Gasteiger partial charge in [-0.3, -0.25) is 9.59 Å². The molecule has 0 aromatic heterocycles. The second-order valence-electron chi connectivity index (χ2n) is 7.26. The molecule has 0 saturated heterocycles. The predicted octanol–water partition coefficient (Wildman–Crippen LogP) is 2.62. The zero-order valence-corrected chi connectivity index (χ0v) is 16.0. The first-order valence-electron chi connectivity index (χ1n) is 8.88. The summed E-state index contributed by atoms with van der Waals surface area (Å²) in [6.07, 6.45) is 10.1. The monoisotopic (exact) mass is 370 g/mol. The lowest BCUT2D eigenvalue weighted by Gasteiger charge is -2.28. The lowest BCUT2D eigenvalue weighted by molar-refractivity contribution is -0.873. The van der Waals surface area contributed by atoms with Gasteiger partial charge in [-0.25, -0.2) is 4.79 Å². The van der Waals surface area contributed by atoms with Crippen LogP contribution in [0.15, 0.2) is 24.3 Å². The molecule has 0 aliphatic rings. The molecular weight excluding hydrogens is 338 g/mol. The molecule has 0 aliphatic heterocycles. The summed E-state index contributed by atoms with van der Waals surface area (Å²) in [5, 5.41) is 17.4. The smallest absolute Gasteiger partial charge is 0.328 e. The number of hydrogen-bond donors (Lipinski definition) is 2. The number of quaternary nitrogens is 1. The second-order valence-corrected chi connectivity index (χ2v) is 7.26. The Hall–Kier alpha value is -2.15. The highest BCUT2D eigenvalue weighted by Gasteiger charge is 2.24. The maximum absolute atomic E-state index is 11.9. The van der Waals surface area contributed by atoms with E-state index in [2.05, 4.69) is 0 Å². The van der Waals surface area contributed by atoms with Gasteiger partial charge in [0.1, 0.15) is 6.54 Å². The summed E-state index contributed by atoms with van der Waals surface area (Å²) in [4.78, 5) is 33.1. The Morgan fingerprint density at radius 2 is 1.65 bits per heavy atom. The molecule has 0 bridgehead atoms. The van der Waals surface area contributed by atoms with Crippen LogP contribution in [0.1, 0.15) is 44.9 Å². The number of carbonyl (C=O) groups excluding carboxylic acids is 1. The van der Waals surface area contributed by atoms with Crippen molar-refractivity contribution in [1.29, 1.82) is 0 Å². The molecule has 7 nitrogen and oxygen atoms in total. The summed E-state index contributed by atoms with van der Waals surface area (Å²) in [6.45, 7) is 0.459. The van der Waals surface area contributed by atoms with E-state index in [0.717, 1.165) is 31.8 Å². The van der Waals surface area contributed by atoms with Crippen molar-refractivity contribution in [2.75, 3.05) is 27.7 Å². The van der Waals surface area contributed by atoms with Crippen molar-refractivity contribution in [3.8, 4) is 0 Å². The minimum atomic E-state index is -0.970.